The van der Waals surface area contributed by atoms with Crippen LogP contribution in [0.1, 0.15) is 39.8 Å². The van der Waals surface area contributed by atoms with Crippen molar-refractivity contribution in [2.45, 2.75) is 25.8 Å². The van der Waals surface area contributed by atoms with Gasteiger partial charge in [0.25, 0.3) is 5.91 Å². The molecule has 2 bridgehead atoms. The van der Waals surface area contributed by atoms with Gasteiger partial charge >= 0.3 is 0 Å². The lowest BCUT2D eigenvalue weighted by Crippen LogP contribution is -2.57. The molecule has 3 fully saturated rings. The van der Waals surface area contributed by atoms with Crippen LogP contribution in [0.2, 0.25) is 0 Å². The Morgan fingerprint density at radius 2 is 1.96 bits per heavy atom. The Bertz CT molecular complexity index is 806. The zero-order valence-electron chi connectivity index (χ0n) is 14.3. The average molecular weight is 354 g/mol. The second kappa shape index (κ2) is 6.73. The third kappa shape index (κ3) is 3.26. The molecule has 1 atom stereocenters. The summed E-state index contributed by atoms with van der Waals surface area (Å²) in [7, 11) is 0. The lowest BCUT2D eigenvalue weighted by atomic mass is 9.84. The number of amides is 1. The molecular weight excluding hydrogens is 332 g/mol. The lowest BCUT2D eigenvalue weighted by molar-refractivity contribution is 0.0622. The van der Waals surface area contributed by atoms with Crippen molar-refractivity contribution < 1.29 is 9.59 Å². The highest BCUT2D eigenvalue weighted by Crippen LogP contribution is 2.30. The van der Waals surface area contributed by atoms with E-state index in [-0.39, 0.29) is 17.7 Å². The van der Waals surface area contributed by atoms with Crippen LogP contribution in [0.3, 0.4) is 0 Å². The molecule has 4 heterocycles. The fourth-order valence-electron chi connectivity index (χ4n) is 4.01. The monoisotopic (exact) mass is 354 g/mol. The van der Waals surface area contributed by atoms with Crippen LogP contribution in [0.5, 0.6) is 0 Å². The number of rotatable bonds is 4. The van der Waals surface area contributed by atoms with Crippen LogP contribution in [0.15, 0.2) is 35.7 Å². The molecule has 25 heavy (non-hydrogen) atoms. The molecule has 0 radical (unpaired) electrons. The molecule has 2 aromatic rings. The fourth-order valence-corrected chi connectivity index (χ4v) is 4.82. The van der Waals surface area contributed by atoms with Gasteiger partial charge in [0.2, 0.25) is 0 Å². The molecule has 1 aromatic heterocycles. The summed E-state index contributed by atoms with van der Waals surface area (Å²) in [5.74, 6) is 0.669. The number of hydrogen-bond donors (Lipinski definition) is 1. The number of fused-ring (bicyclic) bond motifs is 3. The maximum absolute atomic E-state index is 12.7. The van der Waals surface area contributed by atoms with Crippen molar-refractivity contribution >= 4 is 23.0 Å². The summed E-state index contributed by atoms with van der Waals surface area (Å²) in [6.45, 7) is 4.89. The zero-order valence-corrected chi connectivity index (χ0v) is 15.1. The first-order valence-electron chi connectivity index (χ1n) is 8.84. The normalized spacial score (nSPS) is 24.9. The minimum absolute atomic E-state index is 0.00954. The van der Waals surface area contributed by atoms with Crippen molar-refractivity contribution in [1.29, 1.82) is 0 Å². The average Bonchev–Trinajstić information content (AvgIpc) is 3.13. The number of Topliss-reactive ketones (excluding diaryl/α,β-unsaturated/α-hetero) is 1. The predicted octanol–water partition coefficient (Wildman–Crippen LogP) is 3.44. The molecule has 130 valence electrons. The second-order valence-corrected chi connectivity index (χ2v) is 7.93. The van der Waals surface area contributed by atoms with Gasteiger partial charge in [-0.1, -0.05) is 24.3 Å². The van der Waals surface area contributed by atoms with Crippen LogP contribution in [0, 0.1) is 5.92 Å². The number of nitrogens with one attached hydrogen (secondary N) is 1. The Kier molecular flexibility index (Phi) is 4.44. The van der Waals surface area contributed by atoms with Crippen molar-refractivity contribution in [1.82, 2.24) is 10.2 Å². The van der Waals surface area contributed by atoms with E-state index in [2.05, 4.69) is 10.2 Å². The molecule has 3 aliphatic heterocycles. The van der Waals surface area contributed by atoms with Gasteiger partial charge in [-0.3, -0.25) is 9.59 Å². The summed E-state index contributed by atoms with van der Waals surface area (Å²) in [5, 5.41) is 5.20. The molecule has 1 aromatic carbocycles. The summed E-state index contributed by atoms with van der Waals surface area (Å²) in [6.07, 6.45) is 2.37. The Morgan fingerprint density at radius 3 is 2.64 bits per heavy atom. The Morgan fingerprint density at radius 1 is 1.20 bits per heavy atom. The first-order valence-corrected chi connectivity index (χ1v) is 9.72. The number of thiophene rings is 1. The molecule has 4 nitrogen and oxygen atoms in total. The summed E-state index contributed by atoms with van der Waals surface area (Å²) < 4.78 is 0. The van der Waals surface area contributed by atoms with E-state index in [4.69, 9.17) is 0 Å². The van der Waals surface area contributed by atoms with Gasteiger partial charge in [0.1, 0.15) is 0 Å². The van der Waals surface area contributed by atoms with Gasteiger partial charge in [-0.2, -0.15) is 0 Å². The van der Waals surface area contributed by atoms with Gasteiger partial charge in [-0.05, 0) is 61.3 Å². The van der Waals surface area contributed by atoms with E-state index in [1.54, 1.807) is 6.92 Å². The van der Waals surface area contributed by atoms with E-state index in [0.29, 0.717) is 16.4 Å². The van der Waals surface area contributed by atoms with Gasteiger partial charge in [-0.15, -0.1) is 11.3 Å². The maximum Gasteiger partial charge on any atom is 0.261 e. The molecule has 5 heteroatoms. The van der Waals surface area contributed by atoms with Crippen LogP contribution in [-0.4, -0.2) is 42.3 Å². The molecule has 0 aliphatic carbocycles. The predicted molar refractivity (Wildman–Crippen MR) is 100 cm³/mol. The Hall–Kier alpha value is -1.98. The van der Waals surface area contributed by atoms with Crippen molar-refractivity contribution in [2.24, 2.45) is 5.92 Å². The number of hydrogen-bond acceptors (Lipinski definition) is 4. The standard InChI is InChI=1S/C20H22N2O2S/c1-13(23)16-4-2-3-5-17(16)15-10-19(25-12-15)20(24)21-18-11-22-8-6-14(18)7-9-22/h2-5,10,12,14,18H,6-9,11H2,1H3,(H,21,24). The fraction of sp³-hybridized carbons (Fsp3) is 0.400. The molecule has 1 unspecified atom stereocenters. The van der Waals surface area contributed by atoms with Crippen LogP contribution in [0.25, 0.3) is 11.1 Å². The SMILES string of the molecule is CC(=O)c1ccccc1-c1csc(C(=O)NC2CN3CCC2CC3)c1. The van der Waals surface area contributed by atoms with E-state index < -0.39 is 0 Å². The summed E-state index contributed by atoms with van der Waals surface area (Å²) in [6, 6.07) is 9.74. The third-order valence-electron chi connectivity index (χ3n) is 5.41. The van der Waals surface area contributed by atoms with E-state index in [1.807, 2.05) is 35.7 Å². The number of piperidine rings is 3. The molecule has 3 aliphatic rings. The van der Waals surface area contributed by atoms with E-state index in [9.17, 15) is 9.59 Å². The highest BCUT2D eigenvalue weighted by atomic mass is 32.1. The first-order chi connectivity index (χ1) is 12.1. The van der Waals surface area contributed by atoms with Gasteiger partial charge in [0, 0.05) is 18.2 Å². The summed E-state index contributed by atoms with van der Waals surface area (Å²) >= 11 is 1.44. The van der Waals surface area contributed by atoms with Gasteiger partial charge < -0.3 is 10.2 Å². The van der Waals surface area contributed by atoms with Crippen molar-refractivity contribution in [3.05, 3.63) is 46.2 Å². The van der Waals surface area contributed by atoms with E-state index >= 15 is 0 Å². The minimum atomic E-state index is 0.00954. The summed E-state index contributed by atoms with van der Waals surface area (Å²) in [5.41, 5.74) is 2.53. The van der Waals surface area contributed by atoms with Gasteiger partial charge in [0.15, 0.2) is 5.78 Å². The van der Waals surface area contributed by atoms with Crippen molar-refractivity contribution in [3.8, 4) is 11.1 Å². The van der Waals surface area contributed by atoms with Gasteiger partial charge in [-0.25, -0.2) is 0 Å². The quantitative estimate of drug-likeness (QED) is 0.856. The zero-order chi connectivity index (χ0) is 17.4. The lowest BCUT2D eigenvalue weighted by Gasteiger charge is -2.44. The third-order valence-corrected chi connectivity index (χ3v) is 6.34. The van der Waals surface area contributed by atoms with E-state index in [1.165, 1.54) is 37.3 Å². The number of ketones is 1. The van der Waals surface area contributed by atoms with E-state index in [0.717, 1.165) is 17.7 Å². The second-order valence-electron chi connectivity index (χ2n) is 7.02. The molecule has 1 amide bonds. The number of carbonyl (C=O) groups excluding carboxylic acids is 2. The highest BCUT2D eigenvalue weighted by Gasteiger charge is 2.35. The molecule has 0 spiro atoms. The molecule has 3 saturated heterocycles. The topological polar surface area (TPSA) is 49.4 Å². The smallest absolute Gasteiger partial charge is 0.261 e. The van der Waals surface area contributed by atoms with Crippen molar-refractivity contribution in [3.63, 3.8) is 0 Å². The number of carbonyl (C=O) groups is 2. The highest BCUT2D eigenvalue weighted by molar-refractivity contribution is 7.12. The minimum Gasteiger partial charge on any atom is -0.347 e. The van der Waals surface area contributed by atoms with Crippen molar-refractivity contribution in [2.75, 3.05) is 19.6 Å². The van der Waals surface area contributed by atoms with Crippen LogP contribution in [0.4, 0.5) is 0 Å². The number of benzene rings is 1. The Labute approximate surface area is 151 Å². The van der Waals surface area contributed by atoms with Crippen LogP contribution in [-0.2, 0) is 0 Å². The molecule has 1 N–H and O–H groups in total. The number of nitrogens with zero attached hydrogens (tertiary/aromatic N) is 1. The maximum atomic E-state index is 12.7. The largest absolute Gasteiger partial charge is 0.347 e. The molecule has 5 rings (SSSR count). The Balaban J connectivity index is 1.51. The molecule has 0 saturated carbocycles. The van der Waals surface area contributed by atoms with Crippen LogP contribution >= 0.6 is 11.3 Å². The summed E-state index contributed by atoms with van der Waals surface area (Å²) in [4.78, 5) is 27.7. The van der Waals surface area contributed by atoms with Crippen LogP contribution < -0.4 is 5.32 Å². The van der Waals surface area contributed by atoms with Gasteiger partial charge in [0.05, 0.1) is 4.88 Å². The molecular formula is C20H22N2O2S. The first kappa shape index (κ1) is 16.5.